The van der Waals surface area contributed by atoms with Gasteiger partial charge in [0.1, 0.15) is 6.61 Å². The first-order chi connectivity index (χ1) is 8.76. The second kappa shape index (κ2) is 9.27. The summed E-state index contributed by atoms with van der Waals surface area (Å²) in [6, 6.07) is 0. The fourth-order valence-electron chi connectivity index (χ4n) is 1.90. The van der Waals surface area contributed by atoms with Gasteiger partial charge in [0.2, 0.25) is 0 Å². The Kier molecular flexibility index (Phi) is 7.91. The van der Waals surface area contributed by atoms with Gasteiger partial charge in [-0.1, -0.05) is 0 Å². The van der Waals surface area contributed by atoms with Crippen LogP contribution in [-0.4, -0.2) is 73.2 Å². The number of rotatable bonds is 9. The van der Waals surface area contributed by atoms with Crippen LogP contribution >= 0.6 is 0 Å². The number of hydrogen-bond acceptors (Lipinski definition) is 6. The first kappa shape index (κ1) is 15.4. The SMILES string of the molecule is O=C(CCN(CCO)CCO)OCC1CCCO1. The summed E-state index contributed by atoms with van der Waals surface area (Å²) >= 11 is 0. The van der Waals surface area contributed by atoms with Crippen LogP contribution in [0.4, 0.5) is 0 Å². The van der Waals surface area contributed by atoms with Gasteiger partial charge in [0.05, 0.1) is 25.7 Å². The van der Waals surface area contributed by atoms with Crippen molar-refractivity contribution in [3.63, 3.8) is 0 Å². The second-order valence-corrected chi connectivity index (χ2v) is 4.36. The average Bonchev–Trinajstić information content (AvgIpc) is 2.87. The van der Waals surface area contributed by atoms with Gasteiger partial charge in [-0.2, -0.15) is 0 Å². The maximum atomic E-state index is 11.5. The number of esters is 1. The average molecular weight is 261 g/mol. The van der Waals surface area contributed by atoms with E-state index in [1.807, 2.05) is 4.90 Å². The van der Waals surface area contributed by atoms with Gasteiger partial charge in [0.25, 0.3) is 0 Å². The van der Waals surface area contributed by atoms with Crippen molar-refractivity contribution in [2.45, 2.75) is 25.4 Å². The summed E-state index contributed by atoms with van der Waals surface area (Å²) in [5.41, 5.74) is 0. The molecule has 1 aliphatic rings. The zero-order valence-corrected chi connectivity index (χ0v) is 10.7. The minimum absolute atomic E-state index is 0.0188. The smallest absolute Gasteiger partial charge is 0.307 e. The molecule has 0 aromatic heterocycles. The lowest BCUT2D eigenvalue weighted by molar-refractivity contribution is -0.147. The van der Waals surface area contributed by atoms with E-state index in [2.05, 4.69) is 0 Å². The number of carbonyl (C=O) groups excluding carboxylic acids is 1. The van der Waals surface area contributed by atoms with Gasteiger partial charge in [-0.05, 0) is 12.8 Å². The van der Waals surface area contributed by atoms with Crippen LogP contribution in [0.3, 0.4) is 0 Å². The monoisotopic (exact) mass is 261 g/mol. The molecule has 1 unspecified atom stereocenters. The van der Waals surface area contributed by atoms with Crippen molar-refractivity contribution in [2.75, 3.05) is 46.1 Å². The summed E-state index contributed by atoms with van der Waals surface area (Å²) in [6.45, 7) is 2.53. The lowest BCUT2D eigenvalue weighted by Gasteiger charge is -2.19. The molecule has 6 heteroatoms. The molecule has 106 valence electrons. The molecule has 1 saturated heterocycles. The Morgan fingerprint density at radius 3 is 2.56 bits per heavy atom. The van der Waals surface area contributed by atoms with E-state index in [0.717, 1.165) is 19.4 Å². The zero-order chi connectivity index (χ0) is 13.2. The first-order valence-electron chi connectivity index (χ1n) is 6.47. The van der Waals surface area contributed by atoms with Gasteiger partial charge in [0.15, 0.2) is 0 Å². The van der Waals surface area contributed by atoms with Crippen LogP contribution in [0.2, 0.25) is 0 Å². The Bertz CT molecular complexity index is 225. The Morgan fingerprint density at radius 1 is 1.28 bits per heavy atom. The van der Waals surface area contributed by atoms with Gasteiger partial charge in [-0.15, -0.1) is 0 Å². The van der Waals surface area contributed by atoms with Gasteiger partial charge in [-0.25, -0.2) is 0 Å². The number of nitrogens with zero attached hydrogens (tertiary/aromatic N) is 1. The van der Waals surface area contributed by atoms with Crippen LogP contribution in [0.1, 0.15) is 19.3 Å². The molecule has 0 spiro atoms. The first-order valence-corrected chi connectivity index (χ1v) is 6.47. The molecule has 1 fully saturated rings. The zero-order valence-electron chi connectivity index (χ0n) is 10.7. The van der Waals surface area contributed by atoms with E-state index in [0.29, 0.717) is 26.2 Å². The van der Waals surface area contributed by atoms with Crippen molar-refractivity contribution in [3.05, 3.63) is 0 Å². The van der Waals surface area contributed by atoms with Crippen LogP contribution in [0.25, 0.3) is 0 Å². The van der Waals surface area contributed by atoms with E-state index in [-0.39, 0.29) is 31.7 Å². The normalized spacial score (nSPS) is 19.4. The maximum absolute atomic E-state index is 11.5. The Balaban J connectivity index is 2.10. The predicted molar refractivity (Wildman–Crippen MR) is 65.2 cm³/mol. The fourth-order valence-corrected chi connectivity index (χ4v) is 1.90. The summed E-state index contributed by atoms with van der Waals surface area (Å²) < 4.78 is 10.5. The van der Waals surface area contributed by atoms with Crippen LogP contribution in [-0.2, 0) is 14.3 Å². The Morgan fingerprint density at radius 2 is 2.00 bits per heavy atom. The maximum Gasteiger partial charge on any atom is 0.307 e. The number of aliphatic hydroxyl groups excluding tert-OH is 2. The molecule has 2 N–H and O–H groups in total. The molecule has 0 saturated carbocycles. The third kappa shape index (κ3) is 6.30. The predicted octanol–water partition coefficient (Wildman–Crippen LogP) is -0.615. The fraction of sp³-hybridized carbons (Fsp3) is 0.917. The third-order valence-corrected chi connectivity index (χ3v) is 2.92. The largest absolute Gasteiger partial charge is 0.463 e. The van der Waals surface area contributed by atoms with E-state index in [9.17, 15) is 4.79 Å². The molecule has 1 rings (SSSR count). The van der Waals surface area contributed by atoms with Crippen molar-refractivity contribution in [1.82, 2.24) is 4.90 Å². The highest BCUT2D eigenvalue weighted by atomic mass is 16.6. The molecular weight excluding hydrogens is 238 g/mol. The molecule has 0 amide bonds. The van der Waals surface area contributed by atoms with Crippen LogP contribution in [0, 0.1) is 0 Å². The van der Waals surface area contributed by atoms with E-state index < -0.39 is 0 Å². The second-order valence-electron chi connectivity index (χ2n) is 4.36. The molecular formula is C12H23NO5. The minimum atomic E-state index is -0.258. The topological polar surface area (TPSA) is 79.2 Å². The summed E-state index contributed by atoms with van der Waals surface area (Å²) in [6.07, 6.45) is 2.31. The molecule has 1 atom stereocenters. The molecule has 0 aromatic carbocycles. The highest BCUT2D eigenvalue weighted by Gasteiger charge is 2.17. The van der Waals surface area contributed by atoms with Gasteiger partial charge < -0.3 is 19.7 Å². The number of ether oxygens (including phenoxy) is 2. The Hall–Kier alpha value is -0.690. The van der Waals surface area contributed by atoms with E-state index >= 15 is 0 Å². The minimum Gasteiger partial charge on any atom is -0.463 e. The Labute approximate surface area is 107 Å². The summed E-state index contributed by atoms with van der Waals surface area (Å²) in [4.78, 5) is 13.3. The van der Waals surface area contributed by atoms with Crippen LogP contribution in [0.15, 0.2) is 0 Å². The molecule has 0 bridgehead atoms. The number of aliphatic hydroxyl groups is 2. The van der Waals surface area contributed by atoms with E-state index in [1.54, 1.807) is 0 Å². The summed E-state index contributed by atoms with van der Waals surface area (Å²) in [7, 11) is 0. The van der Waals surface area contributed by atoms with E-state index in [4.69, 9.17) is 19.7 Å². The molecule has 0 radical (unpaired) electrons. The van der Waals surface area contributed by atoms with Gasteiger partial charge in [0, 0.05) is 26.2 Å². The van der Waals surface area contributed by atoms with Gasteiger partial charge in [-0.3, -0.25) is 9.69 Å². The number of hydrogen-bond donors (Lipinski definition) is 2. The third-order valence-electron chi connectivity index (χ3n) is 2.92. The van der Waals surface area contributed by atoms with Crippen molar-refractivity contribution < 1.29 is 24.5 Å². The van der Waals surface area contributed by atoms with Gasteiger partial charge >= 0.3 is 5.97 Å². The molecule has 1 heterocycles. The highest BCUT2D eigenvalue weighted by Crippen LogP contribution is 2.12. The van der Waals surface area contributed by atoms with Crippen LogP contribution in [0.5, 0.6) is 0 Å². The van der Waals surface area contributed by atoms with Crippen molar-refractivity contribution >= 4 is 5.97 Å². The van der Waals surface area contributed by atoms with Crippen LogP contribution < -0.4 is 0 Å². The van der Waals surface area contributed by atoms with Crippen molar-refractivity contribution in [2.24, 2.45) is 0 Å². The molecule has 0 aromatic rings. The lowest BCUT2D eigenvalue weighted by Crippen LogP contribution is -2.32. The lowest BCUT2D eigenvalue weighted by atomic mass is 10.2. The molecule has 0 aliphatic carbocycles. The summed E-state index contributed by atoms with van der Waals surface area (Å²) in [5, 5.41) is 17.6. The van der Waals surface area contributed by atoms with E-state index in [1.165, 1.54) is 0 Å². The summed E-state index contributed by atoms with van der Waals surface area (Å²) in [5.74, 6) is -0.258. The standard InChI is InChI=1S/C12H23NO5/c14-7-5-13(6-8-15)4-3-12(16)18-10-11-2-1-9-17-11/h11,14-15H,1-10H2. The number of carbonyl (C=O) groups is 1. The molecule has 6 nitrogen and oxygen atoms in total. The highest BCUT2D eigenvalue weighted by molar-refractivity contribution is 5.69. The molecule has 1 aliphatic heterocycles. The quantitative estimate of drug-likeness (QED) is 0.539. The van der Waals surface area contributed by atoms with Crippen molar-refractivity contribution in [3.8, 4) is 0 Å². The molecule has 18 heavy (non-hydrogen) atoms. The van der Waals surface area contributed by atoms with Crippen molar-refractivity contribution in [1.29, 1.82) is 0 Å².